The molecule has 0 amide bonds. The number of Topliss-reactive ketones (excluding diaryl/α,β-unsaturated/α-hetero) is 1. The van der Waals surface area contributed by atoms with E-state index < -0.39 is 29.6 Å². The Kier molecular flexibility index (Phi) is 5.23. The maximum atomic E-state index is 11.7. The molecule has 0 radical (unpaired) electrons. The van der Waals surface area contributed by atoms with Crippen molar-refractivity contribution in [2.45, 2.75) is 20.5 Å². The Labute approximate surface area is 111 Å². The van der Waals surface area contributed by atoms with E-state index in [-0.39, 0.29) is 6.61 Å². The van der Waals surface area contributed by atoms with Crippen LogP contribution in [0.5, 0.6) is 0 Å². The second-order valence-corrected chi connectivity index (χ2v) is 4.49. The number of rotatable bonds is 6. The number of aliphatic carboxylic acids is 1. The lowest BCUT2D eigenvalue weighted by Crippen LogP contribution is -2.34. The fraction of sp³-hybridized carbons (Fsp3) is 0.357. The number of hydrogen-bond acceptors (Lipinski definition) is 4. The van der Waals surface area contributed by atoms with Crippen molar-refractivity contribution < 1.29 is 24.2 Å². The van der Waals surface area contributed by atoms with Gasteiger partial charge in [-0.1, -0.05) is 44.2 Å². The van der Waals surface area contributed by atoms with E-state index in [1.807, 2.05) is 6.07 Å². The maximum Gasteiger partial charge on any atom is 0.375 e. The van der Waals surface area contributed by atoms with Crippen LogP contribution >= 0.6 is 0 Å². The summed E-state index contributed by atoms with van der Waals surface area (Å²) in [6.45, 7) is 3.10. The van der Waals surface area contributed by atoms with Gasteiger partial charge in [-0.2, -0.15) is 0 Å². The van der Waals surface area contributed by atoms with Crippen LogP contribution in [-0.4, -0.2) is 22.8 Å². The molecule has 5 nitrogen and oxygen atoms in total. The summed E-state index contributed by atoms with van der Waals surface area (Å²) in [5.74, 6) is -5.25. The SMILES string of the molecule is CC(C)C(C(=O)O)C(=O)C(=O)OCc1ccccc1. The Morgan fingerprint density at radius 1 is 1.16 bits per heavy atom. The predicted molar refractivity (Wildman–Crippen MR) is 67.2 cm³/mol. The minimum Gasteiger partial charge on any atom is -0.481 e. The largest absolute Gasteiger partial charge is 0.481 e. The molecule has 1 aromatic carbocycles. The number of esters is 1. The van der Waals surface area contributed by atoms with Crippen LogP contribution in [0.4, 0.5) is 0 Å². The molecule has 1 atom stereocenters. The highest BCUT2D eigenvalue weighted by Gasteiger charge is 2.35. The monoisotopic (exact) mass is 264 g/mol. The van der Waals surface area contributed by atoms with Gasteiger partial charge in [0.15, 0.2) is 0 Å². The molecular weight excluding hydrogens is 248 g/mol. The molecule has 0 aromatic heterocycles. The van der Waals surface area contributed by atoms with E-state index in [2.05, 4.69) is 0 Å². The summed E-state index contributed by atoms with van der Waals surface area (Å²) in [7, 11) is 0. The molecule has 1 aromatic rings. The number of ketones is 1. The minimum atomic E-state index is -1.36. The third-order valence-corrected chi connectivity index (χ3v) is 2.63. The number of carboxylic acid groups (broad SMARTS) is 1. The van der Waals surface area contributed by atoms with Crippen molar-refractivity contribution in [2.24, 2.45) is 11.8 Å². The summed E-state index contributed by atoms with van der Waals surface area (Å²) in [4.78, 5) is 34.2. The topological polar surface area (TPSA) is 80.7 Å². The summed E-state index contributed by atoms with van der Waals surface area (Å²) in [5, 5.41) is 8.92. The van der Waals surface area contributed by atoms with Crippen LogP contribution in [0.2, 0.25) is 0 Å². The van der Waals surface area contributed by atoms with Crippen molar-refractivity contribution >= 4 is 17.7 Å². The van der Waals surface area contributed by atoms with Gasteiger partial charge < -0.3 is 9.84 Å². The van der Waals surface area contributed by atoms with Crippen LogP contribution < -0.4 is 0 Å². The lowest BCUT2D eigenvalue weighted by atomic mass is 9.92. The van der Waals surface area contributed by atoms with Gasteiger partial charge in [0.1, 0.15) is 12.5 Å². The van der Waals surface area contributed by atoms with Crippen LogP contribution in [0.15, 0.2) is 30.3 Å². The van der Waals surface area contributed by atoms with Crippen molar-refractivity contribution in [3.8, 4) is 0 Å². The molecule has 102 valence electrons. The first kappa shape index (κ1) is 14.9. The zero-order valence-corrected chi connectivity index (χ0v) is 10.8. The summed E-state index contributed by atoms with van der Waals surface area (Å²) in [6.07, 6.45) is 0. The Morgan fingerprint density at radius 3 is 2.21 bits per heavy atom. The molecule has 0 fully saturated rings. The van der Waals surface area contributed by atoms with Crippen LogP contribution in [-0.2, 0) is 25.7 Å². The third-order valence-electron chi connectivity index (χ3n) is 2.63. The maximum absolute atomic E-state index is 11.7. The predicted octanol–water partition coefficient (Wildman–Crippen LogP) is 1.66. The molecule has 0 saturated carbocycles. The normalized spacial score (nSPS) is 11.9. The highest BCUT2D eigenvalue weighted by molar-refractivity contribution is 6.37. The minimum absolute atomic E-state index is 0.0458. The van der Waals surface area contributed by atoms with E-state index in [1.165, 1.54) is 0 Å². The molecule has 1 N–H and O–H groups in total. The molecule has 0 bridgehead atoms. The van der Waals surface area contributed by atoms with Gasteiger partial charge in [0, 0.05) is 0 Å². The highest BCUT2D eigenvalue weighted by Crippen LogP contribution is 2.13. The van der Waals surface area contributed by atoms with Gasteiger partial charge in [-0.15, -0.1) is 0 Å². The number of hydrogen-bond donors (Lipinski definition) is 1. The first-order valence-electron chi connectivity index (χ1n) is 5.91. The Balaban J connectivity index is 2.62. The van der Waals surface area contributed by atoms with Crippen molar-refractivity contribution in [1.29, 1.82) is 0 Å². The lowest BCUT2D eigenvalue weighted by molar-refractivity contribution is -0.162. The Bertz CT molecular complexity index is 464. The molecule has 0 aliphatic carbocycles. The summed E-state index contributed by atoms with van der Waals surface area (Å²) >= 11 is 0. The fourth-order valence-corrected chi connectivity index (χ4v) is 1.62. The smallest absolute Gasteiger partial charge is 0.375 e. The van der Waals surface area contributed by atoms with Gasteiger partial charge in [-0.05, 0) is 11.5 Å². The highest BCUT2D eigenvalue weighted by atomic mass is 16.5. The Hall–Kier alpha value is -2.17. The second-order valence-electron chi connectivity index (χ2n) is 4.49. The van der Waals surface area contributed by atoms with Crippen LogP contribution in [0, 0.1) is 11.8 Å². The quantitative estimate of drug-likeness (QED) is 0.480. The number of carbonyl (C=O) groups excluding carboxylic acids is 2. The van der Waals surface area contributed by atoms with E-state index in [4.69, 9.17) is 9.84 Å². The average molecular weight is 264 g/mol. The van der Waals surface area contributed by atoms with Crippen molar-refractivity contribution in [1.82, 2.24) is 0 Å². The van der Waals surface area contributed by atoms with E-state index >= 15 is 0 Å². The van der Waals surface area contributed by atoms with E-state index in [0.717, 1.165) is 5.56 Å². The van der Waals surface area contributed by atoms with Crippen molar-refractivity contribution in [3.05, 3.63) is 35.9 Å². The molecule has 0 aliphatic heterocycles. The molecule has 0 spiro atoms. The van der Waals surface area contributed by atoms with E-state index in [0.29, 0.717) is 0 Å². The molecule has 0 aliphatic rings. The van der Waals surface area contributed by atoms with Crippen molar-refractivity contribution in [2.75, 3.05) is 0 Å². The second kappa shape index (κ2) is 6.68. The summed E-state index contributed by atoms with van der Waals surface area (Å²) in [6, 6.07) is 8.86. The van der Waals surface area contributed by atoms with Gasteiger partial charge in [-0.3, -0.25) is 9.59 Å². The molecule has 0 saturated heterocycles. The third kappa shape index (κ3) is 4.21. The van der Waals surface area contributed by atoms with Crippen LogP contribution in [0.25, 0.3) is 0 Å². The first-order chi connectivity index (χ1) is 8.93. The molecule has 1 rings (SSSR count). The number of ether oxygens (including phenoxy) is 1. The average Bonchev–Trinajstić information content (AvgIpc) is 2.36. The van der Waals surface area contributed by atoms with Gasteiger partial charge >= 0.3 is 11.9 Å². The molecule has 5 heteroatoms. The van der Waals surface area contributed by atoms with E-state index in [9.17, 15) is 14.4 Å². The van der Waals surface area contributed by atoms with Gasteiger partial charge in [-0.25, -0.2) is 4.79 Å². The van der Waals surface area contributed by atoms with Gasteiger partial charge in [0.05, 0.1) is 0 Å². The Morgan fingerprint density at radius 2 is 1.74 bits per heavy atom. The standard InChI is InChI=1S/C14H16O5/c1-9(2)11(13(16)17)12(15)14(18)19-8-10-6-4-3-5-7-10/h3-7,9,11H,8H2,1-2H3,(H,16,17). The molecule has 1 unspecified atom stereocenters. The summed E-state index contributed by atoms with van der Waals surface area (Å²) < 4.78 is 4.82. The molecule has 19 heavy (non-hydrogen) atoms. The van der Waals surface area contributed by atoms with Gasteiger partial charge in [0.25, 0.3) is 5.78 Å². The fourth-order valence-electron chi connectivity index (χ4n) is 1.62. The zero-order chi connectivity index (χ0) is 14.4. The number of benzene rings is 1. The van der Waals surface area contributed by atoms with Crippen molar-refractivity contribution in [3.63, 3.8) is 0 Å². The van der Waals surface area contributed by atoms with Crippen LogP contribution in [0.3, 0.4) is 0 Å². The zero-order valence-electron chi connectivity index (χ0n) is 10.8. The number of carboxylic acids is 1. The van der Waals surface area contributed by atoms with Crippen LogP contribution in [0.1, 0.15) is 19.4 Å². The van der Waals surface area contributed by atoms with Gasteiger partial charge in [0.2, 0.25) is 0 Å². The summed E-state index contributed by atoms with van der Waals surface area (Å²) in [5.41, 5.74) is 0.736. The number of carbonyl (C=O) groups is 3. The molecular formula is C14H16O5. The van der Waals surface area contributed by atoms with E-state index in [1.54, 1.807) is 38.1 Å². The first-order valence-corrected chi connectivity index (χ1v) is 5.91. The molecule has 0 heterocycles. The lowest BCUT2D eigenvalue weighted by Gasteiger charge is -2.13.